The van der Waals surface area contributed by atoms with Crippen molar-refractivity contribution in [3.05, 3.63) is 11.6 Å². The lowest BCUT2D eigenvalue weighted by atomic mass is 9.95. The van der Waals surface area contributed by atoms with Crippen molar-refractivity contribution in [3.8, 4) is 0 Å². The lowest BCUT2D eigenvalue weighted by Gasteiger charge is -2.30. The summed E-state index contributed by atoms with van der Waals surface area (Å²) in [5, 5.41) is 9.75. The van der Waals surface area contributed by atoms with Crippen LogP contribution in [0.1, 0.15) is 13.8 Å². The summed E-state index contributed by atoms with van der Waals surface area (Å²) in [6, 6.07) is 0. The highest BCUT2D eigenvalue weighted by atomic mass is 16.7. The number of aliphatic hydroxyl groups is 1. The van der Waals surface area contributed by atoms with Gasteiger partial charge >= 0.3 is 0 Å². The average Bonchev–Trinajstić information content (AvgIpc) is 2.28. The zero-order valence-electron chi connectivity index (χ0n) is 6.70. The predicted molar refractivity (Wildman–Crippen MR) is 39.0 cm³/mol. The SMILES string of the molecule is CC1=C[C@@](C)(O)[C@H]2CO[C@@H]1O2. The Kier molecular flexibility index (Phi) is 1.36. The molecule has 0 spiro atoms. The Morgan fingerprint density at radius 1 is 1.73 bits per heavy atom. The van der Waals surface area contributed by atoms with Gasteiger partial charge in [-0.1, -0.05) is 0 Å². The van der Waals surface area contributed by atoms with Gasteiger partial charge in [0.1, 0.15) is 11.7 Å². The second kappa shape index (κ2) is 2.06. The molecule has 0 amide bonds. The second-order valence-corrected chi connectivity index (χ2v) is 3.40. The minimum absolute atomic E-state index is 0.184. The molecule has 1 fully saturated rings. The van der Waals surface area contributed by atoms with E-state index < -0.39 is 5.60 Å². The number of hydrogen-bond acceptors (Lipinski definition) is 3. The molecule has 3 nitrogen and oxygen atoms in total. The molecular weight excluding hydrogens is 144 g/mol. The van der Waals surface area contributed by atoms with Crippen LogP contribution in [0.2, 0.25) is 0 Å². The van der Waals surface area contributed by atoms with Crippen LogP contribution in [0, 0.1) is 0 Å². The van der Waals surface area contributed by atoms with Gasteiger partial charge < -0.3 is 14.6 Å². The van der Waals surface area contributed by atoms with Crippen molar-refractivity contribution in [2.75, 3.05) is 6.61 Å². The molecule has 0 aromatic heterocycles. The van der Waals surface area contributed by atoms with Gasteiger partial charge in [-0.2, -0.15) is 0 Å². The maximum atomic E-state index is 9.75. The van der Waals surface area contributed by atoms with Crippen molar-refractivity contribution >= 4 is 0 Å². The van der Waals surface area contributed by atoms with Crippen LogP contribution in [0.4, 0.5) is 0 Å². The summed E-state index contributed by atoms with van der Waals surface area (Å²) in [7, 11) is 0. The Hall–Kier alpha value is -0.380. The van der Waals surface area contributed by atoms with Crippen LogP contribution in [0.25, 0.3) is 0 Å². The summed E-state index contributed by atoms with van der Waals surface area (Å²) >= 11 is 0. The molecule has 2 rings (SSSR count). The molecule has 62 valence electrons. The summed E-state index contributed by atoms with van der Waals surface area (Å²) in [4.78, 5) is 0. The van der Waals surface area contributed by atoms with E-state index in [2.05, 4.69) is 0 Å². The van der Waals surface area contributed by atoms with Gasteiger partial charge in [-0.15, -0.1) is 0 Å². The molecule has 1 saturated heterocycles. The van der Waals surface area contributed by atoms with Crippen LogP contribution in [0.5, 0.6) is 0 Å². The van der Waals surface area contributed by atoms with E-state index in [0.717, 1.165) is 5.57 Å². The summed E-state index contributed by atoms with van der Waals surface area (Å²) in [6.07, 6.45) is 1.43. The standard InChI is InChI=1S/C8H12O3/c1-5-3-8(2,9)6-4-10-7(5)11-6/h3,6-7,9H,4H2,1-2H3/t6-,7-,8-/m1/s1. The lowest BCUT2D eigenvalue weighted by Crippen LogP contribution is -2.42. The molecule has 0 aromatic rings. The molecule has 2 bridgehead atoms. The van der Waals surface area contributed by atoms with E-state index in [1.165, 1.54) is 0 Å². The summed E-state index contributed by atoms with van der Waals surface area (Å²) in [6.45, 7) is 4.14. The first-order valence-corrected chi connectivity index (χ1v) is 3.78. The lowest BCUT2D eigenvalue weighted by molar-refractivity contribution is -0.0929. The van der Waals surface area contributed by atoms with Gasteiger partial charge in [-0.25, -0.2) is 0 Å². The fourth-order valence-electron chi connectivity index (χ4n) is 1.57. The number of hydrogen-bond donors (Lipinski definition) is 1. The Labute approximate surface area is 65.6 Å². The van der Waals surface area contributed by atoms with E-state index in [9.17, 15) is 5.11 Å². The van der Waals surface area contributed by atoms with Crippen molar-refractivity contribution in [1.82, 2.24) is 0 Å². The van der Waals surface area contributed by atoms with Crippen LogP contribution in [0.15, 0.2) is 11.6 Å². The maximum absolute atomic E-state index is 9.75. The summed E-state index contributed by atoms with van der Waals surface area (Å²) < 4.78 is 10.7. The van der Waals surface area contributed by atoms with Crippen molar-refractivity contribution < 1.29 is 14.6 Å². The molecule has 0 aromatic carbocycles. The molecule has 0 aliphatic carbocycles. The Balaban J connectivity index is 2.34. The van der Waals surface area contributed by atoms with Crippen molar-refractivity contribution in [2.45, 2.75) is 31.8 Å². The van der Waals surface area contributed by atoms with Gasteiger partial charge in [0.2, 0.25) is 0 Å². The molecule has 3 heteroatoms. The molecule has 1 N–H and O–H groups in total. The Bertz CT molecular complexity index is 207. The molecule has 2 aliphatic heterocycles. The van der Waals surface area contributed by atoms with Crippen molar-refractivity contribution in [1.29, 1.82) is 0 Å². The quantitative estimate of drug-likeness (QED) is 0.517. The van der Waals surface area contributed by atoms with Crippen LogP contribution in [-0.4, -0.2) is 29.7 Å². The van der Waals surface area contributed by atoms with E-state index in [0.29, 0.717) is 6.61 Å². The highest BCUT2D eigenvalue weighted by Crippen LogP contribution is 2.32. The number of rotatable bonds is 0. The largest absolute Gasteiger partial charge is 0.383 e. The third kappa shape index (κ3) is 1.00. The fraction of sp³-hybridized carbons (Fsp3) is 0.750. The fourth-order valence-corrected chi connectivity index (χ4v) is 1.57. The van der Waals surface area contributed by atoms with Crippen molar-refractivity contribution in [3.63, 3.8) is 0 Å². The van der Waals surface area contributed by atoms with Gasteiger partial charge in [-0.3, -0.25) is 0 Å². The van der Waals surface area contributed by atoms with E-state index in [1.54, 1.807) is 6.92 Å². The van der Waals surface area contributed by atoms with Gasteiger partial charge in [0, 0.05) is 0 Å². The molecule has 2 heterocycles. The van der Waals surface area contributed by atoms with Gasteiger partial charge in [0.15, 0.2) is 6.29 Å². The molecule has 0 radical (unpaired) electrons. The smallest absolute Gasteiger partial charge is 0.180 e. The molecule has 0 saturated carbocycles. The normalized spacial score (nSPS) is 49.2. The third-order valence-electron chi connectivity index (χ3n) is 2.23. The molecule has 0 unspecified atom stereocenters. The average molecular weight is 156 g/mol. The summed E-state index contributed by atoms with van der Waals surface area (Å²) in [5.74, 6) is 0. The zero-order valence-corrected chi connectivity index (χ0v) is 6.70. The third-order valence-corrected chi connectivity index (χ3v) is 2.23. The molecule has 3 atom stereocenters. The highest BCUT2D eigenvalue weighted by Gasteiger charge is 2.43. The first-order chi connectivity index (χ1) is 5.09. The van der Waals surface area contributed by atoms with E-state index in [1.807, 2.05) is 13.0 Å². The van der Waals surface area contributed by atoms with Gasteiger partial charge in [0.05, 0.1) is 6.61 Å². The van der Waals surface area contributed by atoms with Crippen LogP contribution in [0.3, 0.4) is 0 Å². The van der Waals surface area contributed by atoms with E-state index in [4.69, 9.17) is 9.47 Å². The molecular formula is C8H12O3. The zero-order chi connectivity index (χ0) is 8.06. The first-order valence-electron chi connectivity index (χ1n) is 3.78. The van der Waals surface area contributed by atoms with E-state index >= 15 is 0 Å². The van der Waals surface area contributed by atoms with Crippen LogP contribution >= 0.6 is 0 Å². The number of ether oxygens (including phenoxy) is 2. The predicted octanol–water partition coefficient (Wildman–Crippen LogP) is 0.439. The molecule has 11 heavy (non-hydrogen) atoms. The first kappa shape index (κ1) is 7.28. The second-order valence-electron chi connectivity index (χ2n) is 3.40. The summed E-state index contributed by atoms with van der Waals surface area (Å²) in [5.41, 5.74) is 0.112. The topological polar surface area (TPSA) is 38.7 Å². The van der Waals surface area contributed by atoms with Crippen LogP contribution < -0.4 is 0 Å². The monoisotopic (exact) mass is 156 g/mol. The van der Waals surface area contributed by atoms with E-state index in [-0.39, 0.29) is 12.4 Å². The minimum atomic E-state index is -0.850. The minimum Gasteiger partial charge on any atom is -0.383 e. The highest BCUT2D eigenvalue weighted by molar-refractivity contribution is 5.18. The van der Waals surface area contributed by atoms with Crippen LogP contribution in [-0.2, 0) is 9.47 Å². The maximum Gasteiger partial charge on any atom is 0.180 e. The number of fused-ring (bicyclic) bond motifs is 2. The molecule has 2 aliphatic rings. The van der Waals surface area contributed by atoms with Gasteiger partial charge in [0.25, 0.3) is 0 Å². The van der Waals surface area contributed by atoms with Crippen molar-refractivity contribution in [2.24, 2.45) is 0 Å². The Morgan fingerprint density at radius 2 is 2.45 bits per heavy atom. The Morgan fingerprint density at radius 3 is 3.18 bits per heavy atom. The van der Waals surface area contributed by atoms with Gasteiger partial charge in [-0.05, 0) is 25.5 Å².